The van der Waals surface area contributed by atoms with Gasteiger partial charge in [-0.15, -0.1) is 0 Å². The van der Waals surface area contributed by atoms with E-state index in [9.17, 15) is 9.18 Å². The Balaban J connectivity index is 1.87. The van der Waals surface area contributed by atoms with Crippen molar-refractivity contribution in [2.45, 2.75) is 18.9 Å². The molecule has 7 heteroatoms. The first-order chi connectivity index (χ1) is 10.2. The molecular formula is C14H15FN4O2. The summed E-state index contributed by atoms with van der Waals surface area (Å²) in [6.07, 6.45) is 4.30. The van der Waals surface area contributed by atoms with E-state index >= 15 is 0 Å². The highest BCUT2D eigenvalue weighted by atomic mass is 19.1. The second-order valence-electron chi connectivity index (χ2n) is 4.86. The second-order valence-corrected chi connectivity index (χ2v) is 4.86. The summed E-state index contributed by atoms with van der Waals surface area (Å²) in [4.78, 5) is 22.0. The summed E-state index contributed by atoms with van der Waals surface area (Å²) in [7, 11) is 0. The number of pyridine rings is 1. The molecular weight excluding hydrogens is 275 g/mol. The molecule has 0 spiro atoms. The van der Waals surface area contributed by atoms with Crippen LogP contribution in [0.15, 0.2) is 29.3 Å². The Morgan fingerprint density at radius 2 is 2.19 bits per heavy atom. The molecule has 1 saturated heterocycles. The van der Waals surface area contributed by atoms with Crippen LogP contribution in [0.1, 0.15) is 12.8 Å². The van der Waals surface area contributed by atoms with Crippen LogP contribution >= 0.6 is 0 Å². The van der Waals surface area contributed by atoms with Gasteiger partial charge in [0.2, 0.25) is 11.5 Å². The number of H-pyrrole nitrogens is 1. The molecule has 0 atom stereocenters. The number of halogens is 1. The van der Waals surface area contributed by atoms with Crippen molar-refractivity contribution in [1.29, 1.82) is 0 Å². The quantitative estimate of drug-likeness (QED) is 0.896. The van der Waals surface area contributed by atoms with Gasteiger partial charge in [0.1, 0.15) is 5.69 Å². The fourth-order valence-electron chi connectivity index (χ4n) is 2.26. The highest BCUT2D eigenvalue weighted by molar-refractivity contribution is 5.59. The summed E-state index contributed by atoms with van der Waals surface area (Å²) in [5.41, 5.74) is 0.240. The number of aromatic amines is 1. The summed E-state index contributed by atoms with van der Waals surface area (Å²) in [5, 5.41) is 3.18. The number of ether oxygens (including phenoxy) is 1. The van der Waals surface area contributed by atoms with Crippen molar-refractivity contribution in [3.05, 3.63) is 40.7 Å². The highest BCUT2D eigenvalue weighted by Gasteiger charge is 2.16. The summed E-state index contributed by atoms with van der Waals surface area (Å²) in [6, 6.07) is 3.13. The molecule has 0 aliphatic carbocycles. The number of aromatic nitrogens is 3. The standard InChI is InChI=1S/C14H15FN4O2/c15-11-8-17-14(18-10-2-5-21-6-3-10)19-13(11)9-1-4-16-12(20)7-9/h1,4,7-8,10H,2-3,5-6H2,(H,16,20)(H,17,18,19). The van der Waals surface area contributed by atoms with Gasteiger partial charge in [-0.05, 0) is 18.9 Å². The molecule has 6 nitrogen and oxygen atoms in total. The predicted octanol–water partition coefficient (Wildman–Crippen LogP) is 1.56. The molecule has 0 radical (unpaired) electrons. The van der Waals surface area contributed by atoms with Crippen molar-refractivity contribution in [3.63, 3.8) is 0 Å². The van der Waals surface area contributed by atoms with Crippen molar-refractivity contribution < 1.29 is 9.13 Å². The number of hydrogen-bond donors (Lipinski definition) is 2. The molecule has 110 valence electrons. The van der Waals surface area contributed by atoms with E-state index in [0.717, 1.165) is 19.0 Å². The maximum Gasteiger partial charge on any atom is 0.248 e. The molecule has 0 bridgehead atoms. The Morgan fingerprint density at radius 3 is 2.95 bits per heavy atom. The van der Waals surface area contributed by atoms with E-state index in [1.807, 2.05) is 0 Å². The predicted molar refractivity (Wildman–Crippen MR) is 75.5 cm³/mol. The molecule has 3 rings (SSSR count). The number of rotatable bonds is 3. The van der Waals surface area contributed by atoms with E-state index in [4.69, 9.17) is 4.74 Å². The zero-order valence-electron chi connectivity index (χ0n) is 11.3. The molecule has 1 fully saturated rings. The van der Waals surface area contributed by atoms with E-state index in [0.29, 0.717) is 24.7 Å². The minimum absolute atomic E-state index is 0.116. The number of anilines is 1. The van der Waals surface area contributed by atoms with Crippen LogP contribution in [-0.2, 0) is 4.74 Å². The van der Waals surface area contributed by atoms with Crippen molar-refractivity contribution in [2.24, 2.45) is 0 Å². The third-order valence-corrected chi connectivity index (χ3v) is 3.35. The average molecular weight is 290 g/mol. The maximum absolute atomic E-state index is 13.9. The lowest BCUT2D eigenvalue weighted by Gasteiger charge is -2.23. The summed E-state index contributed by atoms with van der Waals surface area (Å²) >= 11 is 0. The Labute approximate surface area is 120 Å². The van der Waals surface area contributed by atoms with Crippen LogP contribution < -0.4 is 10.9 Å². The lowest BCUT2D eigenvalue weighted by Crippen LogP contribution is -2.28. The van der Waals surface area contributed by atoms with E-state index in [1.165, 1.54) is 12.3 Å². The molecule has 3 heterocycles. The molecule has 2 N–H and O–H groups in total. The van der Waals surface area contributed by atoms with E-state index in [1.54, 1.807) is 6.07 Å². The Bertz CT molecular complexity index is 683. The van der Waals surface area contributed by atoms with Crippen LogP contribution in [-0.4, -0.2) is 34.2 Å². The third-order valence-electron chi connectivity index (χ3n) is 3.35. The molecule has 0 aromatic carbocycles. The molecule has 2 aromatic heterocycles. The van der Waals surface area contributed by atoms with Crippen LogP contribution in [0, 0.1) is 5.82 Å². The Morgan fingerprint density at radius 1 is 1.38 bits per heavy atom. The monoisotopic (exact) mass is 290 g/mol. The van der Waals surface area contributed by atoms with E-state index in [2.05, 4.69) is 20.3 Å². The van der Waals surface area contributed by atoms with Crippen LogP contribution in [0.3, 0.4) is 0 Å². The fourth-order valence-corrected chi connectivity index (χ4v) is 2.26. The SMILES string of the molecule is O=c1cc(-c2nc(NC3CCOCC3)ncc2F)cc[nH]1. The van der Waals surface area contributed by atoms with Crippen LogP contribution in [0.4, 0.5) is 10.3 Å². The molecule has 2 aromatic rings. The highest BCUT2D eigenvalue weighted by Crippen LogP contribution is 2.20. The van der Waals surface area contributed by atoms with Gasteiger partial charge in [0, 0.05) is 37.1 Å². The molecule has 0 unspecified atom stereocenters. The van der Waals surface area contributed by atoms with Crippen molar-refractivity contribution in [3.8, 4) is 11.3 Å². The molecule has 0 saturated carbocycles. The largest absolute Gasteiger partial charge is 0.381 e. The Kier molecular flexibility index (Phi) is 3.92. The lowest BCUT2D eigenvalue weighted by molar-refractivity contribution is 0.0903. The first-order valence-electron chi connectivity index (χ1n) is 6.78. The summed E-state index contributed by atoms with van der Waals surface area (Å²) < 4.78 is 19.2. The van der Waals surface area contributed by atoms with Gasteiger partial charge in [-0.2, -0.15) is 0 Å². The molecule has 1 aliphatic heterocycles. The molecule has 21 heavy (non-hydrogen) atoms. The van der Waals surface area contributed by atoms with Crippen molar-refractivity contribution in [2.75, 3.05) is 18.5 Å². The number of nitrogens with zero attached hydrogens (tertiary/aromatic N) is 2. The zero-order valence-corrected chi connectivity index (χ0v) is 11.3. The first kappa shape index (κ1) is 13.7. The lowest BCUT2D eigenvalue weighted by atomic mass is 10.1. The van der Waals surface area contributed by atoms with Gasteiger partial charge >= 0.3 is 0 Å². The van der Waals surface area contributed by atoms with E-state index in [-0.39, 0.29) is 17.3 Å². The van der Waals surface area contributed by atoms with Gasteiger partial charge in [-0.25, -0.2) is 14.4 Å². The van der Waals surface area contributed by atoms with Crippen molar-refractivity contribution in [1.82, 2.24) is 15.0 Å². The second kappa shape index (κ2) is 6.01. The third kappa shape index (κ3) is 3.25. The summed E-state index contributed by atoms with van der Waals surface area (Å²) in [5.74, 6) is -0.197. The molecule has 1 aliphatic rings. The topological polar surface area (TPSA) is 79.9 Å². The number of hydrogen-bond acceptors (Lipinski definition) is 5. The molecule has 0 amide bonds. The smallest absolute Gasteiger partial charge is 0.248 e. The van der Waals surface area contributed by atoms with Crippen LogP contribution in [0.5, 0.6) is 0 Å². The van der Waals surface area contributed by atoms with Crippen LogP contribution in [0.2, 0.25) is 0 Å². The van der Waals surface area contributed by atoms with Gasteiger partial charge in [-0.1, -0.05) is 0 Å². The van der Waals surface area contributed by atoms with Gasteiger partial charge in [-0.3, -0.25) is 4.79 Å². The van der Waals surface area contributed by atoms with Gasteiger partial charge < -0.3 is 15.0 Å². The zero-order chi connectivity index (χ0) is 14.7. The minimum Gasteiger partial charge on any atom is -0.381 e. The number of nitrogens with one attached hydrogen (secondary N) is 2. The van der Waals surface area contributed by atoms with Gasteiger partial charge in [0.05, 0.1) is 6.20 Å². The van der Waals surface area contributed by atoms with Gasteiger partial charge in [0.25, 0.3) is 0 Å². The van der Waals surface area contributed by atoms with Crippen molar-refractivity contribution >= 4 is 5.95 Å². The van der Waals surface area contributed by atoms with Crippen LogP contribution in [0.25, 0.3) is 11.3 Å². The minimum atomic E-state index is -0.557. The summed E-state index contributed by atoms with van der Waals surface area (Å²) in [6.45, 7) is 1.39. The first-order valence-corrected chi connectivity index (χ1v) is 6.78. The average Bonchev–Trinajstić information content (AvgIpc) is 2.50. The maximum atomic E-state index is 13.9. The Hall–Kier alpha value is -2.28. The van der Waals surface area contributed by atoms with Gasteiger partial charge in [0.15, 0.2) is 5.82 Å². The normalized spacial score (nSPS) is 15.9. The van der Waals surface area contributed by atoms with E-state index < -0.39 is 5.82 Å². The fraction of sp³-hybridized carbons (Fsp3) is 0.357.